The second kappa shape index (κ2) is 13.0. The molecule has 35 heavy (non-hydrogen) atoms. The minimum Gasteiger partial charge on any atom is -0.458 e. The molecule has 198 valence electrons. The van der Waals surface area contributed by atoms with Gasteiger partial charge in [-0.25, -0.2) is 9.59 Å². The number of ether oxygens (including phenoxy) is 4. The van der Waals surface area contributed by atoms with E-state index in [9.17, 15) is 9.59 Å². The van der Waals surface area contributed by atoms with Crippen LogP contribution in [0.15, 0.2) is 12.1 Å². The molecule has 1 aromatic carbocycles. The lowest BCUT2D eigenvalue weighted by Gasteiger charge is -2.34. The van der Waals surface area contributed by atoms with Crippen molar-refractivity contribution in [3.63, 3.8) is 0 Å². The van der Waals surface area contributed by atoms with Crippen LogP contribution in [-0.2, 0) is 52.3 Å². The van der Waals surface area contributed by atoms with E-state index in [0.717, 1.165) is 41.3 Å². The average Bonchev–Trinajstić information content (AvgIpc) is 3.08. The normalized spacial score (nSPS) is 15.1. The van der Waals surface area contributed by atoms with E-state index >= 15 is 0 Å². The van der Waals surface area contributed by atoms with E-state index in [0.29, 0.717) is 13.2 Å². The molecule has 0 saturated carbocycles. The first-order valence-corrected chi connectivity index (χ1v) is 14.2. The van der Waals surface area contributed by atoms with Gasteiger partial charge in [0.15, 0.2) is 0 Å². The van der Waals surface area contributed by atoms with Crippen LogP contribution in [0.2, 0.25) is 0 Å². The van der Waals surface area contributed by atoms with Crippen molar-refractivity contribution < 1.29 is 33.0 Å². The van der Waals surface area contributed by atoms with Crippen LogP contribution in [0, 0.1) is 0 Å². The highest BCUT2D eigenvalue weighted by Gasteiger charge is 2.36. The zero-order valence-electron chi connectivity index (χ0n) is 21.9. The van der Waals surface area contributed by atoms with Crippen LogP contribution in [-0.4, -0.2) is 67.1 Å². The first-order chi connectivity index (χ1) is 16.3. The van der Waals surface area contributed by atoms with Crippen molar-refractivity contribution in [2.45, 2.75) is 76.5 Å². The van der Waals surface area contributed by atoms with Crippen LogP contribution in [0.1, 0.15) is 63.8 Å². The first-order valence-electron chi connectivity index (χ1n) is 12.0. The summed E-state index contributed by atoms with van der Waals surface area (Å²) in [6.07, 6.45) is 0. The third-order valence-electron chi connectivity index (χ3n) is 5.52. The highest BCUT2D eigenvalue weighted by molar-refractivity contribution is 9.09. The molecular weight excluding hydrogens is 582 g/mol. The minimum atomic E-state index is -0.531. The monoisotopic (exact) mass is 620 g/mol. The largest absolute Gasteiger partial charge is 0.458 e. The summed E-state index contributed by atoms with van der Waals surface area (Å²) in [5, 5.41) is 1.61. The molecule has 9 heteroatoms. The maximum atomic E-state index is 12.0. The lowest BCUT2D eigenvalue weighted by Crippen LogP contribution is -2.47. The topological polar surface area (TPSA) is 71.1 Å². The maximum Gasteiger partial charge on any atom is 0.332 e. The molecule has 0 bridgehead atoms. The van der Waals surface area contributed by atoms with E-state index in [2.05, 4.69) is 44.0 Å². The summed E-state index contributed by atoms with van der Waals surface area (Å²) in [5.74, 6) is -0.725. The molecule has 0 fully saturated rings. The van der Waals surface area contributed by atoms with Crippen molar-refractivity contribution in [1.29, 1.82) is 0 Å². The SMILES string of the molecule is CC(C)(C)OC(=O)COCC[N+]1(CCOCC(=O)OC(C)(C)C)Cc2cc(CBr)c(CBr)cc2C1. The molecule has 0 saturated heterocycles. The van der Waals surface area contributed by atoms with Gasteiger partial charge < -0.3 is 23.4 Å². The van der Waals surface area contributed by atoms with E-state index in [1.54, 1.807) is 0 Å². The number of benzene rings is 1. The van der Waals surface area contributed by atoms with Crippen molar-refractivity contribution in [1.82, 2.24) is 0 Å². The molecule has 0 aliphatic carbocycles. The van der Waals surface area contributed by atoms with Gasteiger partial charge in [-0.1, -0.05) is 31.9 Å². The smallest absolute Gasteiger partial charge is 0.332 e. The number of quaternary nitrogens is 1. The van der Waals surface area contributed by atoms with Gasteiger partial charge in [-0.2, -0.15) is 0 Å². The van der Waals surface area contributed by atoms with Gasteiger partial charge in [-0.3, -0.25) is 0 Å². The average molecular weight is 622 g/mol. The molecule has 0 atom stereocenters. The van der Waals surface area contributed by atoms with Gasteiger partial charge in [0.25, 0.3) is 0 Å². The number of hydrogen-bond donors (Lipinski definition) is 0. The molecule has 0 aromatic heterocycles. The molecule has 7 nitrogen and oxygen atoms in total. The van der Waals surface area contributed by atoms with Crippen LogP contribution >= 0.6 is 31.9 Å². The van der Waals surface area contributed by atoms with E-state index in [1.807, 2.05) is 41.5 Å². The molecule has 0 N–H and O–H groups in total. The summed E-state index contributed by atoms with van der Waals surface area (Å²) in [4.78, 5) is 24.0. The Morgan fingerprint density at radius 2 is 1.14 bits per heavy atom. The molecule has 0 spiro atoms. The third kappa shape index (κ3) is 10.5. The van der Waals surface area contributed by atoms with Crippen molar-refractivity contribution in [2.75, 3.05) is 39.5 Å². The number of esters is 2. The highest BCUT2D eigenvalue weighted by atomic mass is 79.9. The Bertz CT molecular complexity index is 805. The van der Waals surface area contributed by atoms with Crippen LogP contribution in [0.3, 0.4) is 0 Å². The lowest BCUT2D eigenvalue weighted by molar-refractivity contribution is -0.947. The summed E-state index contributed by atoms with van der Waals surface area (Å²) in [5.41, 5.74) is 4.14. The number of rotatable bonds is 12. The first kappa shape index (κ1) is 30.2. The lowest BCUT2D eigenvalue weighted by atomic mass is 10.0. The number of hydrogen-bond acceptors (Lipinski definition) is 6. The summed E-state index contributed by atoms with van der Waals surface area (Å²) in [7, 11) is 0. The summed E-state index contributed by atoms with van der Waals surface area (Å²) >= 11 is 7.21. The van der Waals surface area contributed by atoms with Crippen molar-refractivity contribution in [3.8, 4) is 0 Å². The van der Waals surface area contributed by atoms with Gasteiger partial charge in [0.2, 0.25) is 0 Å². The molecule has 1 aliphatic rings. The number of alkyl halides is 2. The molecule has 1 aromatic rings. The van der Waals surface area contributed by atoms with Gasteiger partial charge >= 0.3 is 11.9 Å². The highest BCUT2D eigenvalue weighted by Crippen LogP contribution is 2.33. The number of nitrogens with zero attached hydrogens (tertiary/aromatic N) is 1. The fourth-order valence-electron chi connectivity index (χ4n) is 4.11. The van der Waals surface area contributed by atoms with Gasteiger partial charge in [-0.15, -0.1) is 0 Å². The standard InChI is InChI=1S/C26H40Br2NO6/c1-25(2,3)34-23(30)17-32-9-7-29(8-10-33-18-24(31)35-26(4,5)6)15-21-11-19(13-27)20(14-28)12-22(21)16-29/h11-12H,7-10,13-18H2,1-6H3/q+1. The molecule has 1 heterocycles. The predicted octanol–water partition coefficient (Wildman–Crippen LogP) is 5.02. The Kier molecular flexibility index (Phi) is 11.2. The molecule has 0 unspecified atom stereocenters. The summed E-state index contributed by atoms with van der Waals surface area (Å²) in [6.45, 7) is 14.9. The maximum absolute atomic E-state index is 12.0. The Morgan fingerprint density at radius 3 is 1.46 bits per heavy atom. The van der Waals surface area contributed by atoms with E-state index < -0.39 is 11.2 Å². The van der Waals surface area contributed by atoms with Gasteiger partial charge in [-0.05, 0) is 64.8 Å². The molecule has 0 radical (unpaired) electrons. The quantitative estimate of drug-likeness (QED) is 0.141. The summed E-state index contributed by atoms with van der Waals surface area (Å²) in [6, 6.07) is 4.56. The number of carbonyl (C=O) groups is 2. The van der Waals surface area contributed by atoms with Crippen molar-refractivity contribution >= 4 is 43.8 Å². The predicted molar refractivity (Wildman–Crippen MR) is 142 cm³/mol. The minimum absolute atomic E-state index is 0.0686. The van der Waals surface area contributed by atoms with Crippen LogP contribution in [0.25, 0.3) is 0 Å². The number of fused-ring (bicyclic) bond motifs is 1. The Labute approximate surface area is 226 Å². The van der Waals surface area contributed by atoms with E-state index in [4.69, 9.17) is 18.9 Å². The fraction of sp³-hybridized carbons (Fsp3) is 0.692. The second-order valence-electron chi connectivity index (χ2n) is 11.0. The Hall–Kier alpha value is -1.000. The zero-order chi connectivity index (χ0) is 26.3. The number of carbonyl (C=O) groups excluding carboxylic acids is 2. The Morgan fingerprint density at radius 1 is 0.771 bits per heavy atom. The molecule has 1 aliphatic heterocycles. The van der Waals surface area contributed by atoms with E-state index in [-0.39, 0.29) is 25.2 Å². The second-order valence-corrected chi connectivity index (χ2v) is 12.2. The van der Waals surface area contributed by atoms with E-state index in [1.165, 1.54) is 22.3 Å². The van der Waals surface area contributed by atoms with Crippen LogP contribution in [0.5, 0.6) is 0 Å². The van der Waals surface area contributed by atoms with Crippen LogP contribution in [0.4, 0.5) is 0 Å². The Balaban J connectivity index is 2.01. The molecular formula is C26H40Br2NO6+. The third-order valence-corrected chi connectivity index (χ3v) is 6.73. The molecule has 2 rings (SSSR count). The molecule has 0 amide bonds. The fourth-order valence-corrected chi connectivity index (χ4v) is 5.15. The van der Waals surface area contributed by atoms with Gasteiger partial charge in [0.1, 0.15) is 50.6 Å². The number of halogens is 2. The van der Waals surface area contributed by atoms with Crippen molar-refractivity contribution in [3.05, 3.63) is 34.4 Å². The van der Waals surface area contributed by atoms with Crippen LogP contribution < -0.4 is 0 Å². The van der Waals surface area contributed by atoms with Crippen molar-refractivity contribution in [2.24, 2.45) is 0 Å². The zero-order valence-corrected chi connectivity index (χ0v) is 25.1. The summed E-state index contributed by atoms with van der Waals surface area (Å²) < 4.78 is 22.8. The van der Waals surface area contributed by atoms with Gasteiger partial charge in [0.05, 0.1) is 13.2 Å². The van der Waals surface area contributed by atoms with Gasteiger partial charge in [0, 0.05) is 21.8 Å².